The molecule has 1 aromatic rings. The molecule has 2 N–H and O–H groups in total. The molecule has 3 atom stereocenters. The van der Waals surface area contributed by atoms with Crippen LogP contribution in [0.2, 0.25) is 0 Å². The Morgan fingerprint density at radius 2 is 2.38 bits per heavy atom. The Kier molecular flexibility index (Phi) is 3.64. The summed E-state index contributed by atoms with van der Waals surface area (Å²) in [7, 11) is 2.00. The summed E-state index contributed by atoms with van der Waals surface area (Å²) >= 11 is 0. The molecule has 3 heteroatoms. The molecule has 0 aromatic carbocycles. The molecule has 3 unspecified atom stereocenters. The fraction of sp³-hybridized carbons (Fsp3) is 0.769. The normalized spacial score (nSPS) is 27.2. The van der Waals surface area contributed by atoms with Gasteiger partial charge in [0.15, 0.2) is 0 Å². The predicted molar refractivity (Wildman–Crippen MR) is 66.0 cm³/mol. The highest BCUT2D eigenvalue weighted by Gasteiger charge is 2.28. The van der Waals surface area contributed by atoms with Gasteiger partial charge >= 0.3 is 0 Å². The number of nitrogens with zero attached hydrogens (tertiary/aromatic N) is 2. The molecule has 0 spiro atoms. The molecule has 0 bridgehead atoms. The zero-order valence-corrected chi connectivity index (χ0v) is 10.4. The fourth-order valence-electron chi connectivity index (χ4n) is 2.99. The van der Waals surface area contributed by atoms with E-state index in [4.69, 9.17) is 5.73 Å². The van der Waals surface area contributed by atoms with Crippen molar-refractivity contribution in [2.24, 2.45) is 24.6 Å². The Labute approximate surface area is 98.0 Å². The average Bonchev–Trinajstić information content (AvgIpc) is 2.84. The van der Waals surface area contributed by atoms with Crippen LogP contribution in [0.3, 0.4) is 0 Å². The van der Waals surface area contributed by atoms with Crippen LogP contribution in [0.1, 0.15) is 38.3 Å². The van der Waals surface area contributed by atoms with Gasteiger partial charge in [-0.1, -0.05) is 19.8 Å². The highest BCUT2D eigenvalue weighted by molar-refractivity contribution is 5.00. The lowest BCUT2D eigenvalue weighted by atomic mass is 9.88. The van der Waals surface area contributed by atoms with Gasteiger partial charge < -0.3 is 5.73 Å². The van der Waals surface area contributed by atoms with Gasteiger partial charge in [-0.2, -0.15) is 5.10 Å². The van der Waals surface area contributed by atoms with Crippen LogP contribution >= 0.6 is 0 Å². The van der Waals surface area contributed by atoms with Crippen molar-refractivity contribution in [1.82, 2.24) is 9.78 Å². The van der Waals surface area contributed by atoms with Gasteiger partial charge in [0.25, 0.3) is 0 Å². The Morgan fingerprint density at radius 1 is 1.56 bits per heavy atom. The second-order valence-electron chi connectivity index (χ2n) is 5.22. The Morgan fingerprint density at radius 3 is 2.94 bits per heavy atom. The second-order valence-corrected chi connectivity index (χ2v) is 5.22. The quantitative estimate of drug-likeness (QED) is 0.846. The van der Waals surface area contributed by atoms with E-state index >= 15 is 0 Å². The van der Waals surface area contributed by atoms with Crippen molar-refractivity contribution in [2.45, 2.75) is 45.1 Å². The minimum atomic E-state index is 0.368. The molecule has 0 amide bonds. The number of aromatic nitrogens is 2. The summed E-state index contributed by atoms with van der Waals surface area (Å²) in [5, 5.41) is 4.18. The van der Waals surface area contributed by atoms with Gasteiger partial charge in [-0.3, -0.25) is 4.68 Å². The highest BCUT2D eigenvalue weighted by atomic mass is 15.2. The molecule has 0 radical (unpaired) electrons. The lowest BCUT2D eigenvalue weighted by molar-refractivity contribution is 0.330. The van der Waals surface area contributed by atoms with E-state index in [0.29, 0.717) is 6.04 Å². The topological polar surface area (TPSA) is 43.8 Å². The summed E-state index contributed by atoms with van der Waals surface area (Å²) in [5.41, 5.74) is 7.60. The first kappa shape index (κ1) is 11.6. The highest BCUT2D eigenvalue weighted by Crippen LogP contribution is 2.34. The zero-order chi connectivity index (χ0) is 11.5. The van der Waals surface area contributed by atoms with Crippen molar-refractivity contribution in [2.75, 3.05) is 0 Å². The smallest absolute Gasteiger partial charge is 0.0492 e. The van der Waals surface area contributed by atoms with Crippen LogP contribution in [0.25, 0.3) is 0 Å². The Balaban J connectivity index is 1.84. The summed E-state index contributed by atoms with van der Waals surface area (Å²) in [5.74, 6) is 1.56. The van der Waals surface area contributed by atoms with Crippen LogP contribution in [0, 0.1) is 11.8 Å². The van der Waals surface area contributed by atoms with Gasteiger partial charge in [0, 0.05) is 25.0 Å². The molecule has 3 nitrogen and oxygen atoms in total. The van der Waals surface area contributed by atoms with E-state index in [2.05, 4.69) is 18.1 Å². The zero-order valence-electron chi connectivity index (χ0n) is 10.4. The van der Waals surface area contributed by atoms with Crippen LogP contribution in [0.15, 0.2) is 12.3 Å². The van der Waals surface area contributed by atoms with Crippen molar-refractivity contribution >= 4 is 0 Å². The lowest BCUT2D eigenvalue weighted by Gasteiger charge is -2.23. The first-order chi connectivity index (χ1) is 7.68. The Bertz CT molecular complexity index is 332. The predicted octanol–water partition coefficient (Wildman–Crippen LogP) is 2.12. The molecule has 1 aliphatic carbocycles. The molecule has 2 rings (SSSR count). The summed E-state index contributed by atoms with van der Waals surface area (Å²) in [4.78, 5) is 0. The summed E-state index contributed by atoms with van der Waals surface area (Å²) in [6.07, 6.45) is 8.07. The molecule has 16 heavy (non-hydrogen) atoms. The third-order valence-corrected chi connectivity index (χ3v) is 4.13. The maximum atomic E-state index is 6.31. The third-order valence-electron chi connectivity index (χ3n) is 4.13. The minimum Gasteiger partial charge on any atom is -0.327 e. The largest absolute Gasteiger partial charge is 0.327 e. The minimum absolute atomic E-state index is 0.368. The molecule has 0 saturated heterocycles. The summed E-state index contributed by atoms with van der Waals surface area (Å²) in [6.45, 7) is 2.35. The van der Waals surface area contributed by atoms with Gasteiger partial charge in [-0.15, -0.1) is 0 Å². The molecule has 90 valence electrons. The first-order valence-electron chi connectivity index (χ1n) is 6.41. The standard InChI is InChI=1S/C13H23N3/c1-10-4-3-5-12(10)13(14)7-6-11-8-9-15-16(11)2/h8-10,12-13H,3-7,14H2,1-2H3. The van der Waals surface area contributed by atoms with Gasteiger partial charge in [-0.25, -0.2) is 0 Å². The van der Waals surface area contributed by atoms with Crippen molar-refractivity contribution in [3.8, 4) is 0 Å². The van der Waals surface area contributed by atoms with Crippen LogP contribution in [-0.4, -0.2) is 15.8 Å². The molecule has 1 saturated carbocycles. The lowest BCUT2D eigenvalue weighted by Crippen LogP contribution is -2.32. The molecule has 0 aliphatic heterocycles. The monoisotopic (exact) mass is 221 g/mol. The van der Waals surface area contributed by atoms with Gasteiger partial charge in [0.2, 0.25) is 0 Å². The van der Waals surface area contributed by atoms with Crippen molar-refractivity contribution in [1.29, 1.82) is 0 Å². The van der Waals surface area contributed by atoms with Crippen LogP contribution < -0.4 is 5.73 Å². The van der Waals surface area contributed by atoms with E-state index in [0.717, 1.165) is 24.7 Å². The molecule has 1 aliphatic rings. The SMILES string of the molecule is CC1CCCC1C(N)CCc1ccnn1C. The number of aryl methyl sites for hydroxylation is 2. The van der Waals surface area contributed by atoms with E-state index in [1.807, 2.05) is 17.9 Å². The van der Waals surface area contributed by atoms with Gasteiger partial charge in [-0.05, 0) is 37.2 Å². The van der Waals surface area contributed by atoms with Crippen molar-refractivity contribution in [3.05, 3.63) is 18.0 Å². The number of rotatable bonds is 4. The molecular formula is C13H23N3. The third kappa shape index (κ3) is 2.46. The Hall–Kier alpha value is -0.830. The maximum absolute atomic E-state index is 6.31. The van der Waals surface area contributed by atoms with E-state index in [-0.39, 0.29) is 0 Å². The van der Waals surface area contributed by atoms with E-state index in [1.54, 1.807) is 0 Å². The molecule has 1 fully saturated rings. The molecule has 1 heterocycles. The van der Waals surface area contributed by atoms with Crippen LogP contribution in [-0.2, 0) is 13.5 Å². The van der Waals surface area contributed by atoms with E-state index in [1.165, 1.54) is 25.0 Å². The maximum Gasteiger partial charge on any atom is 0.0492 e. The summed E-state index contributed by atoms with van der Waals surface area (Å²) in [6, 6.07) is 2.46. The van der Waals surface area contributed by atoms with Crippen molar-refractivity contribution in [3.63, 3.8) is 0 Å². The summed E-state index contributed by atoms with van der Waals surface area (Å²) < 4.78 is 1.95. The van der Waals surface area contributed by atoms with E-state index < -0.39 is 0 Å². The van der Waals surface area contributed by atoms with Crippen LogP contribution in [0.4, 0.5) is 0 Å². The van der Waals surface area contributed by atoms with Gasteiger partial charge in [0.05, 0.1) is 0 Å². The fourth-order valence-corrected chi connectivity index (χ4v) is 2.99. The molecule has 1 aromatic heterocycles. The number of hydrogen-bond donors (Lipinski definition) is 1. The van der Waals surface area contributed by atoms with Gasteiger partial charge in [0.1, 0.15) is 0 Å². The molecular weight excluding hydrogens is 198 g/mol. The first-order valence-corrected chi connectivity index (χ1v) is 6.41. The van der Waals surface area contributed by atoms with Crippen LogP contribution in [0.5, 0.6) is 0 Å². The second kappa shape index (κ2) is 5.00. The number of nitrogens with two attached hydrogens (primary N) is 1. The van der Waals surface area contributed by atoms with E-state index in [9.17, 15) is 0 Å². The van der Waals surface area contributed by atoms with Crippen molar-refractivity contribution < 1.29 is 0 Å². The number of hydrogen-bond acceptors (Lipinski definition) is 2. The average molecular weight is 221 g/mol.